The average Bonchev–Trinajstić information content (AvgIpc) is 0.797. The lowest BCUT2D eigenvalue weighted by Gasteiger charge is -2.12. The summed E-state index contributed by atoms with van der Waals surface area (Å²) in [4.78, 5) is 22.0. The third-order valence-electron chi connectivity index (χ3n) is 22.3. The molecule has 0 N–H and O–H groups in total. The molecule has 5 aromatic carbocycles. The van der Waals surface area contributed by atoms with Gasteiger partial charge in [-0.3, -0.25) is 24.9 Å². The van der Waals surface area contributed by atoms with Crippen molar-refractivity contribution in [2.45, 2.75) is 164 Å². The van der Waals surface area contributed by atoms with Crippen LogP contribution in [0.3, 0.4) is 0 Å². The first kappa shape index (κ1) is 80.9. The van der Waals surface area contributed by atoms with Gasteiger partial charge in [0.15, 0.2) is 31.0 Å². The summed E-state index contributed by atoms with van der Waals surface area (Å²) in [5.41, 5.74) is 37.8. The highest BCUT2D eigenvalue weighted by Gasteiger charge is 2.24. The fourth-order valence-electron chi connectivity index (χ4n) is 15.8. The molecule has 0 bridgehead atoms. The minimum absolute atomic E-state index is 0.472. The molecule has 10 heteroatoms. The van der Waals surface area contributed by atoms with Gasteiger partial charge in [0.25, 0.3) is 0 Å². The predicted molar refractivity (Wildman–Crippen MR) is 464 cm³/mol. The van der Waals surface area contributed by atoms with Crippen LogP contribution in [-0.4, -0.2) is 24.9 Å². The number of fused-ring (bicyclic) bond motifs is 5. The van der Waals surface area contributed by atoms with Crippen molar-refractivity contribution in [3.8, 4) is 56.3 Å². The Morgan fingerprint density at radius 1 is 0.279 bits per heavy atom. The van der Waals surface area contributed by atoms with Crippen LogP contribution in [0.4, 0.5) is 0 Å². The number of hydrogen-bond acceptors (Lipinski definition) is 5. The van der Waals surface area contributed by atoms with Gasteiger partial charge in [0, 0.05) is 135 Å². The first-order valence-electron chi connectivity index (χ1n) is 39.4. The Morgan fingerprint density at radius 3 is 1.05 bits per heavy atom. The van der Waals surface area contributed by atoms with E-state index in [1.807, 2.05) is 61.8 Å². The van der Waals surface area contributed by atoms with Gasteiger partial charge in [-0.1, -0.05) is 99.7 Å². The molecule has 0 unspecified atom stereocenters. The van der Waals surface area contributed by atoms with Crippen LogP contribution in [0.1, 0.15) is 148 Å². The van der Waals surface area contributed by atoms with Gasteiger partial charge < -0.3 is 0 Å². The van der Waals surface area contributed by atoms with Crippen LogP contribution < -0.4 is 22.8 Å². The van der Waals surface area contributed by atoms with Crippen LogP contribution in [0, 0.1) is 116 Å². The lowest BCUT2D eigenvalue weighted by atomic mass is 9.95. The van der Waals surface area contributed by atoms with E-state index >= 15 is 0 Å². The summed E-state index contributed by atoms with van der Waals surface area (Å²) in [6, 6.07) is 40.1. The fraction of sp³-hybridized carbons (Fsp3) is 0.307. The van der Waals surface area contributed by atoms with E-state index < -0.39 is 0 Å². The second-order valence-corrected chi connectivity index (χ2v) is 32.8. The molecule has 10 nitrogen and oxygen atoms in total. The van der Waals surface area contributed by atoms with Crippen molar-refractivity contribution in [3.05, 3.63) is 296 Å². The lowest BCUT2D eigenvalue weighted by Crippen LogP contribution is -2.31. The maximum absolute atomic E-state index is 4.64. The highest BCUT2D eigenvalue weighted by atomic mass is 14.9. The van der Waals surface area contributed by atoms with Crippen molar-refractivity contribution in [1.29, 1.82) is 0 Å². The topological polar surface area (TPSA) is 83.8 Å². The van der Waals surface area contributed by atoms with E-state index in [9.17, 15) is 0 Å². The molecule has 0 spiro atoms. The third-order valence-corrected chi connectivity index (χ3v) is 22.3. The van der Waals surface area contributed by atoms with Gasteiger partial charge in [0.2, 0.25) is 28.5 Å². The van der Waals surface area contributed by atoms with Crippen molar-refractivity contribution in [2.24, 2.45) is 47.1 Å². The molecule has 0 fully saturated rings. The average molecular weight is 1470 g/mol. The van der Waals surface area contributed by atoms with Gasteiger partial charge in [-0.15, -0.1) is 0 Å². The maximum atomic E-state index is 4.64. The molecule has 0 aliphatic heterocycles. The van der Waals surface area contributed by atoms with Crippen LogP contribution >= 0.6 is 0 Å². The number of rotatable bonds is 10. The number of aryl methyl sites for hydroxylation is 15. The molecule has 0 saturated heterocycles. The van der Waals surface area contributed by atoms with Gasteiger partial charge in [0.05, 0.1) is 27.1 Å². The molecule has 566 valence electrons. The Kier molecular flexibility index (Phi) is 25.1. The molecule has 0 amide bonds. The van der Waals surface area contributed by atoms with E-state index in [-0.39, 0.29) is 0 Å². The Hall–Kier alpha value is -11.1. The largest absolute Gasteiger partial charge is 0.264 e. The van der Waals surface area contributed by atoms with Gasteiger partial charge in [-0.25, -0.2) is 22.8 Å². The third kappa shape index (κ3) is 18.4. The van der Waals surface area contributed by atoms with E-state index in [0.29, 0.717) is 17.8 Å². The summed E-state index contributed by atoms with van der Waals surface area (Å²) >= 11 is 0. The molecule has 10 heterocycles. The standard InChI is InChI=1S/2C22H27N2.C21H25N2.2C18H19N2/c1-14(2)7-18-11-23-12-19-10-22(24(6)13-21(18)19)20-9-15(3)8-16(4)17(20)5;1-14(2)9-18-7-8-23-21-12-22(24(6)13-20(18)21)19-11-15(3)10-16(4)17(19)5;1-13(2)19-11-22-10-17-9-21(23(6)12-20(17)19)18-8-14(3)7-15(4)16(18)5;1-12-7-13(2)14(3)17(8-12)18-9-16-10-19-6-5-15(16)11-20(18)4;1-12-7-13(2)14(3)17(8-12)18-9-15-5-6-19-10-16(15)11-20(18)4/h8-14H,7H2,1-6H3;7-8,10-14H,9H2,1-6H3;7-13H,1-6H3;2*5-11H,1-4H3/q5*+1. The number of pyridine rings is 10. The molecule has 0 aliphatic carbocycles. The number of hydrogen-bond donors (Lipinski definition) is 0. The summed E-state index contributed by atoms with van der Waals surface area (Å²) in [6.07, 6.45) is 30.7. The van der Waals surface area contributed by atoms with E-state index in [1.54, 1.807) is 0 Å². The molecule has 111 heavy (non-hydrogen) atoms. The van der Waals surface area contributed by atoms with E-state index in [1.165, 1.54) is 205 Å². The van der Waals surface area contributed by atoms with Crippen LogP contribution in [0.5, 0.6) is 0 Å². The quantitative estimate of drug-likeness (QED) is 0.127. The first-order valence-corrected chi connectivity index (χ1v) is 39.4. The molecular formula is C101H117N10+5. The summed E-state index contributed by atoms with van der Waals surface area (Å²) in [7, 11) is 10.6. The zero-order valence-electron chi connectivity index (χ0n) is 71.1. The van der Waals surface area contributed by atoms with Gasteiger partial charge in [-0.2, -0.15) is 0 Å². The summed E-state index contributed by atoms with van der Waals surface area (Å²) in [5, 5.41) is 11.1. The van der Waals surface area contributed by atoms with E-state index in [2.05, 4.69) is 363 Å². The monoisotopic (exact) mass is 1470 g/mol. The summed E-state index contributed by atoms with van der Waals surface area (Å²) < 4.78 is 11.1. The van der Waals surface area contributed by atoms with Gasteiger partial charge in [0.1, 0.15) is 35.2 Å². The molecule has 0 saturated carbocycles. The fourth-order valence-corrected chi connectivity index (χ4v) is 15.8. The SMILES string of the molecule is Cc1cc(C)c(C)c(-c2cc3ccncc3c[n+]2C)c1.Cc1cc(C)c(C)c(-c2cc3cncc(C(C)C)c3c[n+]2C)c1.Cc1cc(C)c(C)c(-c2cc3cncc(CC(C)C)c3c[n+]2C)c1.Cc1cc(C)c(C)c(-c2cc3cnccc3c[n+]2C)c1.Cc1cc(C)c(C)c(-c2cc3nccc(CC(C)C)c3c[n+]2C)c1. The molecule has 0 atom stereocenters. The van der Waals surface area contributed by atoms with Crippen molar-refractivity contribution in [2.75, 3.05) is 0 Å². The summed E-state index contributed by atoms with van der Waals surface area (Å²) in [6.45, 7) is 46.2. The maximum Gasteiger partial charge on any atom is 0.214 e. The molecular weight excluding hydrogens is 1350 g/mol. The highest BCUT2D eigenvalue weighted by molar-refractivity contribution is 5.89. The Morgan fingerprint density at radius 2 is 0.613 bits per heavy atom. The lowest BCUT2D eigenvalue weighted by molar-refractivity contribution is -0.659. The minimum atomic E-state index is 0.472. The molecule has 15 rings (SSSR count). The predicted octanol–water partition coefficient (Wildman–Crippen LogP) is 21.8. The minimum Gasteiger partial charge on any atom is -0.264 e. The molecule has 0 aliphatic rings. The Labute approximate surface area is 661 Å². The van der Waals surface area contributed by atoms with Crippen LogP contribution in [0.15, 0.2) is 196 Å². The second-order valence-electron chi connectivity index (χ2n) is 32.8. The Bertz CT molecular complexity index is 5730. The van der Waals surface area contributed by atoms with Crippen molar-refractivity contribution < 1.29 is 22.8 Å². The molecule has 0 radical (unpaired) electrons. The normalized spacial score (nSPS) is 11.3. The van der Waals surface area contributed by atoms with Gasteiger partial charge in [-0.05, 0) is 261 Å². The van der Waals surface area contributed by atoms with Crippen molar-refractivity contribution >= 4 is 54.0 Å². The van der Waals surface area contributed by atoms with Crippen LogP contribution in [0.25, 0.3) is 110 Å². The number of aromatic nitrogens is 10. The van der Waals surface area contributed by atoms with E-state index in [4.69, 9.17) is 0 Å². The van der Waals surface area contributed by atoms with Crippen LogP contribution in [-0.2, 0) is 48.1 Å². The van der Waals surface area contributed by atoms with E-state index in [0.717, 1.165) is 18.4 Å². The zero-order valence-corrected chi connectivity index (χ0v) is 71.1. The van der Waals surface area contributed by atoms with Crippen molar-refractivity contribution in [3.63, 3.8) is 0 Å². The van der Waals surface area contributed by atoms with Crippen LogP contribution in [0.2, 0.25) is 0 Å². The zero-order chi connectivity index (χ0) is 80.1. The Balaban J connectivity index is 0.000000138. The molecule has 10 aromatic heterocycles. The first-order chi connectivity index (χ1) is 52.7. The number of nitrogens with zero attached hydrogens (tertiary/aromatic N) is 10. The number of benzene rings is 5. The van der Waals surface area contributed by atoms with Crippen molar-refractivity contribution in [1.82, 2.24) is 24.9 Å². The smallest absolute Gasteiger partial charge is 0.214 e. The second kappa shape index (κ2) is 34.4. The summed E-state index contributed by atoms with van der Waals surface area (Å²) in [5.74, 6) is 1.74. The highest BCUT2D eigenvalue weighted by Crippen LogP contribution is 2.35. The molecule has 15 aromatic rings. The van der Waals surface area contributed by atoms with Gasteiger partial charge >= 0.3 is 0 Å².